The summed E-state index contributed by atoms with van der Waals surface area (Å²) >= 11 is 1.46. The van der Waals surface area contributed by atoms with Crippen LogP contribution < -0.4 is 56.5 Å². The van der Waals surface area contributed by atoms with Crippen LogP contribution in [-0.4, -0.2) is 11.0 Å². The first-order valence-corrected chi connectivity index (χ1v) is 4.60. The van der Waals surface area contributed by atoms with Crippen LogP contribution in [0.5, 0.6) is 0 Å². The molecule has 0 saturated heterocycles. The third-order valence-electron chi connectivity index (χ3n) is 1.54. The van der Waals surface area contributed by atoms with E-state index in [1.54, 1.807) is 0 Å². The maximum atomic E-state index is 10.3. The molecule has 3 nitrogen and oxygen atoms in total. The predicted octanol–water partition coefficient (Wildman–Crippen LogP) is -2.69. The number of aromatic nitrogens is 1. The third-order valence-corrected chi connectivity index (χ3v) is 2.85. The molecule has 0 aliphatic heterocycles. The van der Waals surface area contributed by atoms with Crippen LogP contribution in [0.1, 0.15) is 22.5 Å². The molecule has 0 unspecified atom stereocenters. The molecule has 66 valence electrons. The number of carboxylic acid groups (broad SMARTS) is 1. The fraction of sp³-hybridized carbons (Fsp3) is 0.500. The van der Waals surface area contributed by atoms with E-state index in [0.29, 0.717) is 0 Å². The molecule has 0 N–H and O–H groups in total. The Kier molecular flexibility index (Phi) is 6.62. The van der Waals surface area contributed by atoms with Gasteiger partial charge < -0.3 is 9.90 Å². The van der Waals surface area contributed by atoms with Crippen molar-refractivity contribution in [2.24, 2.45) is 0 Å². The van der Waals surface area contributed by atoms with Gasteiger partial charge in [-0.05, 0) is 13.3 Å². The molecule has 0 atom stereocenters. The number of carbonyl (C=O) groups is 1. The van der Waals surface area contributed by atoms with Crippen molar-refractivity contribution >= 4 is 17.3 Å². The van der Waals surface area contributed by atoms with E-state index in [9.17, 15) is 9.90 Å². The number of rotatable bonds is 3. The standard InChI is InChI=1S/C8H11NO2S.K/c1-3-7-9-5(2)6(12-7)4-8(10)11;/h3-4H2,1-2H3,(H,10,11);/q;+1/p-1. The zero-order valence-corrected chi connectivity index (χ0v) is 12.0. The fourth-order valence-electron chi connectivity index (χ4n) is 0.935. The largest absolute Gasteiger partial charge is 1.00 e. The maximum absolute atomic E-state index is 10.3. The summed E-state index contributed by atoms with van der Waals surface area (Å²) in [6.07, 6.45) is 0.849. The van der Waals surface area contributed by atoms with Crippen molar-refractivity contribution in [3.05, 3.63) is 15.6 Å². The van der Waals surface area contributed by atoms with Crippen LogP contribution in [0.2, 0.25) is 0 Å². The van der Waals surface area contributed by atoms with Crippen molar-refractivity contribution < 1.29 is 61.3 Å². The van der Waals surface area contributed by atoms with Gasteiger partial charge in [-0.1, -0.05) is 6.92 Å². The summed E-state index contributed by atoms with van der Waals surface area (Å²) in [4.78, 5) is 15.3. The van der Waals surface area contributed by atoms with Crippen LogP contribution in [0.15, 0.2) is 0 Å². The second kappa shape index (κ2) is 6.26. The second-order valence-electron chi connectivity index (χ2n) is 2.52. The van der Waals surface area contributed by atoms with Crippen LogP contribution in [-0.2, 0) is 17.6 Å². The van der Waals surface area contributed by atoms with Gasteiger partial charge in [-0.25, -0.2) is 4.98 Å². The molecule has 1 aromatic heterocycles. The molecule has 1 aromatic rings. The summed E-state index contributed by atoms with van der Waals surface area (Å²) < 4.78 is 0. The van der Waals surface area contributed by atoms with Crippen LogP contribution in [0.3, 0.4) is 0 Å². The molecular weight excluding hydrogens is 213 g/mol. The molecule has 0 aromatic carbocycles. The van der Waals surface area contributed by atoms with Gasteiger partial charge in [0.15, 0.2) is 0 Å². The van der Waals surface area contributed by atoms with E-state index in [1.165, 1.54) is 11.3 Å². The average Bonchev–Trinajstić information content (AvgIpc) is 2.31. The van der Waals surface area contributed by atoms with Crippen LogP contribution in [0.4, 0.5) is 0 Å². The zero-order chi connectivity index (χ0) is 9.14. The topological polar surface area (TPSA) is 53.0 Å². The molecule has 0 aliphatic rings. The van der Waals surface area contributed by atoms with Gasteiger partial charge in [-0.15, -0.1) is 11.3 Å². The summed E-state index contributed by atoms with van der Waals surface area (Å²) in [6, 6.07) is 0. The summed E-state index contributed by atoms with van der Waals surface area (Å²) in [5, 5.41) is 11.3. The molecule has 1 heterocycles. The van der Waals surface area contributed by atoms with Crippen molar-refractivity contribution in [2.75, 3.05) is 0 Å². The first kappa shape index (κ1) is 13.7. The Morgan fingerprint density at radius 2 is 2.23 bits per heavy atom. The van der Waals surface area contributed by atoms with Crippen molar-refractivity contribution in [3.63, 3.8) is 0 Å². The number of aliphatic carboxylic acids is 1. The molecule has 0 radical (unpaired) electrons. The van der Waals surface area contributed by atoms with Crippen molar-refractivity contribution in [1.29, 1.82) is 0 Å². The molecular formula is C8H10KNO2S. The van der Waals surface area contributed by atoms with Gasteiger partial charge >= 0.3 is 51.4 Å². The molecule has 0 saturated carbocycles. The minimum atomic E-state index is -1.04. The molecule has 0 amide bonds. The second-order valence-corrected chi connectivity index (χ2v) is 3.69. The minimum absolute atomic E-state index is 0. The summed E-state index contributed by atoms with van der Waals surface area (Å²) in [6.45, 7) is 3.83. The quantitative estimate of drug-likeness (QED) is 0.524. The van der Waals surface area contributed by atoms with Gasteiger partial charge in [0.2, 0.25) is 0 Å². The SMILES string of the molecule is CCc1nc(C)c(CC(=O)[O-])s1.[K+]. The number of hydrogen-bond donors (Lipinski definition) is 0. The van der Waals surface area contributed by atoms with Gasteiger partial charge in [0.1, 0.15) is 0 Å². The minimum Gasteiger partial charge on any atom is -0.550 e. The number of carboxylic acids is 1. The normalized spacial score (nSPS) is 9.38. The smallest absolute Gasteiger partial charge is 0.550 e. The van der Waals surface area contributed by atoms with E-state index in [2.05, 4.69) is 4.98 Å². The summed E-state index contributed by atoms with van der Waals surface area (Å²) in [5.74, 6) is -1.04. The Morgan fingerprint density at radius 3 is 2.62 bits per heavy atom. The average molecular weight is 223 g/mol. The molecule has 5 heteroatoms. The van der Waals surface area contributed by atoms with Gasteiger partial charge in [-0.3, -0.25) is 0 Å². The van der Waals surface area contributed by atoms with Crippen molar-refractivity contribution in [2.45, 2.75) is 26.7 Å². The molecule has 0 aliphatic carbocycles. The Labute approximate surface area is 124 Å². The predicted molar refractivity (Wildman–Crippen MR) is 44.9 cm³/mol. The summed E-state index contributed by atoms with van der Waals surface area (Å²) in [5.41, 5.74) is 0.820. The Balaban J connectivity index is 0.00000144. The zero-order valence-electron chi connectivity index (χ0n) is 8.09. The van der Waals surface area contributed by atoms with E-state index >= 15 is 0 Å². The molecule has 0 spiro atoms. The number of nitrogens with zero attached hydrogens (tertiary/aromatic N) is 1. The van der Waals surface area contributed by atoms with Crippen molar-refractivity contribution in [1.82, 2.24) is 4.98 Å². The Bertz CT molecular complexity index is 298. The van der Waals surface area contributed by atoms with Gasteiger partial charge in [0, 0.05) is 17.3 Å². The van der Waals surface area contributed by atoms with Crippen LogP contribution >= 0.6 is 11.3 Å². The van der Waals surface area contributed by atoms with E-state index in [0.717, 1.165) is 22.0 Å². The maximum Gasteiger partial charge on any atom is 1.00 e. The molecule has 13 heavy (non-hydrogen) atoms. The van der Waals surface area contributed by atoms with E-state index in [1.807, 2.05) is 13.8 Å². The Morgan fingerprint density at radius 1 is 1.62 bits per heavy atom. The van der Waals surface area contributed by atoms with Gasteiger partial charge in [-0.2, -0.15) is 0 Å². The number of aryl methyl sites for hydroxylation is 2. The van der Waals surface area contributed by atoms with Crippen LogP contribution in [0.25, 0.3) is 0 Å². The monoisotopic (exact) mass is 223 g/mol. The van der Waals surface area contributed by atoms with Gasteiger partial charge in [0.05, 0.1) is 10.7 Å². The van der Waals surface area contributed by atoms with E-state index < -0.39 is 5.97 Å². The molecule has 1 rings (SSSR count). The van der Waals surface area contributed by atoms with Gasteiger partial charge in [0.25, 0.3) is 0 Å². The summed E-state index contributed by atoms with van der Waals surface area (Å²) in [7, 11) is 0. The third kappa shape index (κ3) is 4.18. The fourth-order valence-corrected chi connectivity index (χ4v) is 1.93. The van der Waals surface area contributed by atoms with Crippen LogP contribution in [0, 0.1) is 6.92 Å². The number of carbonyl (C=O) groups excluding carboxylic acids is 1. The molecule has 0 bridgehead atoms. The Hall–Kier alpha value is 0.736. The van der Waals surface area contributed by atoms with E-state index in [4.69, 9.17) is 0 Å². The van der Waals surface area contributed by atoms with Crippen molar-refractivity contribution in [3.8, 4) is 0 Å². The number of thiazole rings is 1. The first-order valence-electron chi connectivity index (χ1n) is 3.78. The van der Waals surface area contributed by atoms with E-state index in [-0.39, 0.29) is 57.8 Å². The molecule has 0 fully saturated rings. The first-order chi connectivity index (χ1) is 5.63. The number of hydrogen-bond acceptors (Lipinski definition) is 4.